The molecule has 0 fully saturated rings. The van der Waals surface area contributed by atoms with Crippen LogP contribution in [0.5, 0.6) is 0 Å². The van der Waals surface area contributed by atoms with Crippen molar-refractivity contribution in [3.05, 3.63) is 35.6 Å². The van der Waals surface area contributed by atoms with Crippen LogP contribution in [0, 0.1) is 11.7 Å². The van der Waals surface area contributed by atoms with Gasteiger partial charge in [0.05, 0.1) is 0 Å². The molecular formula is C15H24FNO. The van der Waals surface area contributed by atoms with Gasteiger partial charge in [0.25, 0.3) is 0 Å². The SMILES string of the molecule is CCCC(CCO)CNC(C)c1cccc(F)c1. The topological polar surface area (TPSA) is 32.3 Å². The van der Waals surface area contributed by atoms with Gasteiger partial charge >= 0.3 is 0 Å². The maximum atomic E-state index is 13.1. The van der Waals surface area contributed by atoms with Gasteiger partial charge in [-0.05, 0) is 49.9 Å². The molecule has 0 amide bonds. The molecule has 0 radical (unpaired) electrons. The first kappa shape index (κ1) is 15.1. The summed E-state index contributed by atoms with van der Waals surface area (Å²) in [7, 11) is 0. The first-order valence-corrected chi connectivity index (χ1v) is 6.77. The predicted octanol–water partition coefficient (Wildman–Crippen LogP) is 3.28. The van der Waals surface area contributed by atoms with Crippen LogP contribution in [0.15, 0.2) is 24.3 Å². The number of rotatable bonds is 8. The van der Waals surface area contributed by atoms with Crippen molar-refractivity contribution in [2.45, 2.75) is 39.2 Å². The quantitative estimate of drug-likeness (QED) is 0.745. The fourth-order valence-electron chi connectivity index (χ4n) is 2.18. The van der Waals surface area contributed by atoms with E-state index in [2.05, 4.69) is 12.2 Å². The second kappa shape index (κ2) is 8.22. The van der Waals surface area contributed by atoms with Crippen LogP contribution in [0.3, 0.4) is 0 Å². The summed E-state index contributed by atoms with van der Waals surface area (Å²) in [6.45, 7) is 5.30. The smallest absolute Gasteiger partial charge is 0.123 e. The fraction of sp³-hybridized carbons (Fsp3) is 0.600. The van der Waals surface area contributed by atoms with E-state index in [0.717, 1.165) is 31.4 Å². The van der Waals surface area contributed by atoms with Crippen molar-refractivity contribution in [3.8, 4) is 0 Å². The molecular weight excluding hydrogens is 229 g/mol. The van der Waals surface area contributed by atoms with Gasteiger partial charge in [-0.3, -0.25) is 0 Å². The Bertz CT molecular complexity index is 337. The van der Waals surface area contributed by atoms with E-state index < -0.39 is 0 Å². The summed E-state index contributed by atoms with van der Waals surface area (Å²) in [5.74, 6) is 0.303. The van der Waals surface area contributed by atoms with Gasteiger partial charge in [-0.2, -0.15) is 0 Å². The molecule has 0 aliphatic carbocycles. The third-order valence-corrected chi connectivity index (χ3v) is 3.30. The van der Waals surface area contributed by atoms with E-state index in [0.29, 0.717) is 5.92 Å². The van der Waals surface area contributed by atoms with Gasteiger partial charge < -0.3 is 10.4 Å². The summed E-state index contributed by atoms with van der Waals surface area (Å²) in [6.07, 6.45) is 3.07. The second-order valence-corrected chi connectivity index (χ2v) is 4.85. The molecule has 2 nitrogen and oxygen atoms in total. The van der Waals surface area contributed by atoms with Crippen molar-refractivity contribution in [2.75, 3.05) is 13.2 Å². The molecule has 0 bridgehead atoms. The predicted molar refractivity (Wildman–Crippen MR) is 72.9 cm³/mol. The lowest BCUT2D eigenvalue weighted by Gasteiger charge is -2.20. The lowest BCUT2D eigenvalue weighted by molar-refractivity contribution is 0.246. The summed E-state index contributed by atoms with van der Waals surface area (Å²) in [6, 6.07) is 6.83. The van der Waals surface area contributed by atoms with Gasteiger partial charge in [-0.15, -0.1) is 0 Å². The van der Waals surface area contributed by atoms with Crippen molar-refractivity contribution >= 4 is 0 Å². The molecule has 2 atom stereocenters. The van der Waals surface area contributed by atoms with Crippen LogP contribution in [-0.4, -0.2) is 18.3 Å². The van der Waals surface area contributed by atoms with E-state index in [4.69, 9.17) is 5.11 Å². The minimum absolute atomic E-state index is 0.138. The van der Waals surface area contributed by atoms with Crippen LogP contribution in [-0.2, 0) is 0 Å². The molecule has 0 saturated heterocycles. The number of hydrogen-bond acceptors (Lipinski definition) is 2. The largest absolute Gasteiger partial charge is 0.396 e. The molecule has 0 spiro atoms. The lowest BCUT2D eigenvalue weighted by atomic mass is 9.99. The minimum Gasteiger partial charge on any atom is -0.396 e. The van der Waals surface area contributed by atoms with Crippen LogP contribution in [0.4, 0.5) is 4.39 Å². The first-order valence-electron chi connectivity index (χ1n) is 6.77. The van der Waals surface area contributed by atoms with Crippen molar-refractivity contribution in [1.29, 1.82) is 0 Å². The highest BCUT2D eigenvalue weighted by atomic mass is 19.1. The molecule has 1 aromatic rings. The van der Waals surface area contributed by atoms with Gasteiger partial charge in [-0.1, -0.05) is 25.5 Å². The van der Waals surface area contributed by atoms with E-state index in [-0.39, 0.29) is 18.5 Å². The van der Waals surface area contributed by atoms with E-state index in [1.807, 2.05) is 13.0 Å². The Balaban J connectivity index is 2.46. The molecule has 0 saturated carbocycles. The van der Waals surface area contributed by atoms with E-state index >= 15 is 0 Å². The third-order valence-electron chi connectivity index (χ3n) is 3.30. The van der Waals surface area contributed by atoms with Crippen molar-refractivity contribution in [1.82, 2.24) is 5.32 Å². The zero-order valence-electron chi connectivity index (χ0n) is 11.3. The maximum Gasteiger partial charge on any atom is 0.123 e. The molecule has 0 aliphatic rings. The zero-order valence-corrected chi connectivity index (χ0v) is 11.3. The summed E-state index contributed by atoms with van der Waals surface area (Å²) >= 11 is 0. The van der Waals surface area contributed by atoms with Crippen molar-refractivity contribution in [2.24, 2.45) is 5.92 Å². The minimum atomic E-state index is -0.193. The summed E-state index contributed by atoms with van der Waals surface area (Å²) in [5, 5.41) is 12.4. The molecule has 18 heavy (non-hydrogen) atoms. The Kier molecular flexibility index (Phi) is 6.91. The Morgan fingerprint density at radius 3 is 2.72 bits per heavy atom. The fourth-order valence-corrected chi connectivity index (χ4v) is 2.18. The van der Waals surface area contributed by atoms with E-state index in [1.54, 1.807) is 12.1 Å². The third kappa shape index (κ3) is 5.15. The average Bonchev–Trinajstić information content (AvgIpc) is 2.36. The Hall–Kier alpha value is -0.930. The molecule has 1 aromatic carbocycles. The van der Waals surface area contributed by atoms with Gasteiger partial charge in [0.15, 0.2) is 0 Å². The number of hydrogen-bond donors (Lipinski definition) is 2. The van der Waals surface area contributed by atoms with Crippen LogP contribution >= 0.6 is 0 Å². The van der Waals surface area contributed by atoms with Gasteiger partial charge in [0.2, 0.25) is 0 Å². The van der Waals surface area contributed by atoms with Crippen LogP contribution in [0.2, 0.25) is 0 Å². The molecule has 1 rings (SSSR count). The second-order valence-electron chi connectivity index (χ2n) is 4.85. The van der Waals surface area contributed by atoms with Gasteiger partial charge in [0.1, 0.15) is 5.82 Å². The number of aliphatic hydroxyl groups is 1. The maximum absolute atomic E-state index is 13.1. The standard InChI is InChI=1S/C15H24FNO/c1-3-5-13(8-9-18)11-17-12(2)14-6-4-7-15(16)10-14/h4,6-7,10,12-13,17-18H,3,5,8-9,11H2,1-2H3. The highest BCUT2D eigenvalue weighted by Gasteiger charge is 2.10. The van der Waals surface area contributed by atoms with Crippen LogP contribution < -0.4 is 5.32 Å². The molecule has 2 unspecified atom stereocenters. The number of aliphatic hydroxyl groups excluding tert-OH is 1. The number of halogens is 1. The Labute approximate surface area is 109 Å². The van der Waals surface area contributed by atoms with Crippen molar-refractivity contribution in [3.63, 3.8) is 0 Å². The summed E-state index contributed by atoms with van der Waals surface area (Å²) in [5.41, 5.74) is 0.967. The van der Waals surface area contributed by atoms with Gasteiger partial charge in [0, 0.05) is 12.6 Å². The molecule has 0 heterocycles. The van der Waals surface area contributed by atoms with Gasteiger partial charge in [-0.25, -0.2) is 4.39 Å². The molecule has 0 aromatic heterocycles. The Morgan fingerprint density at radius 1 is 1.33 bits per heavy atom. The van der Waals surface area contributed by atoms with E-state index in [1.165, 1.54) is 6.07 Å². The summed E-state index contributed by atoms with van der Waals surface area (Å²) < 4.78 is 13.1. The molecule has 2 N–H and O–H groups in total. The first-order chi connectivity index (χ1) is 8.67. The van der Waals surface area contributed by atoms with Crippen LogP contribution in [0.25, 0.3) is 0 Å². The molecule has 0 aliphatic heterocycles. The van der Waals surface area contributed by atoms with Crippen molar-refractivity contribution < 1.29 is 9.50 Å². The molecule has 102 valence electrons. The van der Waals surface area contributed by atoms with Crippen LogP contribution in [0.1, 0.15) is 44.7 Å². The normalized spacial score (nSPS) is 14.4. The number of benzene rings is 1. The lowest BCUT2D eigenvalue weighted by Crippen LogP contribution is -2.26. The highest BCUT2D eigenvalue weighted by Crippen LogP contribution is 2.16. The average molecular weight is 253 g/mol. The zero-order chi connectivity index (χ0) is 13.4. The highest BCUT2D eigenvalue weighted by molar-refractivity contribution is 5.19. The number of nitrogens with one attached hydrogen (secondary N) is 1. The monoisotopic (exact) mass is 253 g/mol. The summed E-state index contributed by atoms with van der Waals surface area (Å²) in [4.78, 5) is 0. The Morgan fingerprint density at radius 2 is 2.11 bits per heavy atom. The molecule has 3 heteroatoms. The van der Waals surface area contributed by atoms with E-state index in [9.17, 15) is 4.39 Å².